The normalized spacial score (nSPS) is 13.6. The van der Waals surface area contributed by atoms with Crippen LogP contribution < -0.4 is 0 Å². The van der Waals surface area contributed by atoms with Crippen LogP contribution in [0.2, 0.25) is 0 Å². The van der Waals surface area contributed by atoms with Crippen molar-refractivity contribution in [2.45, 2.75) is 258 Å². The molecule has 2 unspecified atom stereocenters. The maximum atomic E-state index is 12.7. The second kappa shape index (κ2) is 47.3. The average Bonchev–Trinajstić information content (AvgIpc) is 3.26. The minimum atomic E-state index is -4.38. The Hall–Kier alpha value is -1.77. The summed E-state index contributed by atoms with van der Waals surface area (Å²) in [6.07, 6.45) is 56.3. The lowest BCUT2D eigenvalue weighted by atomic mass is 10.0. The second-order valence-corrected chi connectivity index (χ2v) is 21.1. The van der Waals surface area contributed by atoms with Crippen LogP contribution in [-0.2, 0) is 32.7 Å². The van der Waals surface area contributed by atoms with Crippen molar-refractivity contribution in [2.24, 2.45) is 0 Å². The molecule has 0 rings (SSSR count). The van der Waals surface area contributed by atoms with E-state index in [4.69, 9.17) is 18.5 Å². The summed E-state index contributed by atoms with van der Waals surface area (Å²) in [5, 5.41) is 0. The Morgan fingerprint density at radius 3 is 1.25 bits per heavy atom. The molecule has 0 aliphatic rings. The summed E-state index contributed by atoms with van der Waals surface area (Å²) in [5.74, 6) is -0.806. The quantitative estimate of drug-likeness (QED) is 0.0211. The number of carbonyl (C=O) groups is 2. The third-order valence-electron chi connectivity index (χ3n) is 11.9. The Balaban J connectivity index is 4.16. The summed E-state index contributed by atoms with van der Waals surface area (Å²) >= 11 is 0. The summed E-state index contributed by atoms with van der Waals surface area (Å²) in [6.45, 7) is 4.42. The van der Waals surface area contributed by atoms with E-state index in [2.05, 4.69) is 50.3 Å². The predicted octanol–water partition coefficient (Wildman–Crippen LogP) is 16.4. The van der Waals surface area contributed by atoms with Crippen molar-refractivity contribution in [1.82, 2.24) is 0 Å². The zero-order valence-electron chi connectivity index (χ0n) is 43.2. The van der Waals surface area contributed by atoms with E-state index < -0.39 is 26.5 Å². The first-order chi connectivity index (χ1) is 31.5. The van der Waals surface area contributed by atoms with Gasteiger partial charge in [0, 0.05) is 12.8 Å². The van der Waals surface area contributed by atoms with E-state index >= 15 is 0 Å². The van der Waals surface area contributed by atoms with Crippen LogP contribution >= 0.6 is 7.82 Å². The molecule has 0 aliphatic heterocycles. The Morgan fingerprint density at radius 2 is 0.831 bits per heavy atom. The predicted molar refractivity (Wildman–Crippen MR) is 275 cm³/mol. The smallest absolute Gasteiger partial charge is 0.462 e. The maximum Gasteiger partial charge on any atom is 0.472 e. The molecule has 2 atom stereocenters. The number of nitrogens with zero attached hydrogens (tertiary/aromatic N) is 1. The van der Waals surface area contributed by atoms with Gasteiger partial charge in [-0.15, -0.1) is 0 Å². The molecule has 0 aliphatic carbocycles. The maximum absolute atomic E-state index is 12.7. The van der Waals surface area contributed by atoms with Gasteiger partial charge >= 0.3 is 19.8 Å². The van der Waals surface area contributed by atoms with Crippen LogP contribution in [0.25, 0.3) is 0 Å². The number of phosphoric ester groups is 1. The van der Waals surface area contributed by atoms with Crippen molar-refractivity contribution < 1.29 is 42.1 Å². The molecule has 0 radical (unpaired) electrons. The lowest BCUT2D eigenvalue weighted by molar-refractivity contribution is -0.870. The van der Waals surface area contributed by atoms with Crippen molar-refractivity contribution in [3.63, 3.8) is 0 Å². The van der Waals surface area contributed by atoms with Gasteiger partial charge in [-0.05, 0) is 70.6 Å². The van der Waals surface area contributed by atoms with E-state index in [9.17, 15) is 19.0 Å². The zero-order valence-corrected chi connectivity index (χ0v) is 44.1. The number of unbranched alkanes of at least 4 members (excludes halogenated alkanes) is 30. The highest BCUT2D eigenvalue weighted by atomic mass is 31.2. The van der Waals surface area contributed by atoms with Gasteiger partial charge in [-0.25, -0.2) is 4.57 Å². The van der Waals surface area contributed by atoms with E-state index in [1.807, 2.05) is 21.1 Å². The summed E-state index contributed by atoms with van der Waals surface area (Å²) in [6, 6.07) is 0. The summed E-state index contributed by atoms with van der Waals surface area (Å²) in [7, 11) is 1.47. The fourth-order valence-electron chi connectivity index (χ4n) is 7.63. The molecule has 0 saturated carbocycles. The minimum Gasteiger partial charge on any atom is -0.462 e. The van der Waals surface area contributed by atoms with E-state index in [0.29, 0.717) is 17.4 Å². The summed E-state index contributed by atoms with van der Waals surface area (Å²) in [4.78, 5) is 35.6. The molecule has 0 aromatic carbocycles. The third-order valence-corrected chi connectivity index (χ3v) is 12.9. The third kappa shape index (κ3) is 51.5. The van der Waals surface area contributed by atoms with Crippen LogP contribution in [0.15, 0.2) is 36.5 Å². The molecule has 0 aromatic rings. The number of hydrogen-bond acceptors (Lipinski definition) is 7. The van der Waals surface area contributed by atoms with Crippen molar-refractivity contribution in [2.75, 3.05) is 47.5 Å². The molecule has 9 nitrogen and oxygen atoms in total. The second-order valence-electron chi connectivity index (χ2n) is 19.6. The van der Waals surface area contributed by atoms with Crippen molar-refractivity contribution in [3.05, 3.63) is 36.5 Å². The van der Waals surface area contributed by atoms with Crippen LogP contribution in [0.4, 0.5) is 0 Å². The number of phosphoric acid groups is 1. The molecule has 1 N–H and O–H groups in total. The first-order valence-electron chi connectivity index (χ1n) is 27.2. The number of likely N-dealkylation sites (N-methyl/N-ethyl adjacent to an activating group) is 1. The van der Waals surface area contributed by atoms with E-state index in [0.717, 1.165) is 57.8 Å². The van der Waals surface area contributed by atoms with Crippen LogP contribution in [0.3, 0.4) is 0 Å². The number of quaternary nitrogens is 1. The van der Waals surface area contributed by atoms with Crippen LogP contribution in [-0.4, -0.2) is 74.9 Å². The minimum absolute atomic E-state index is 0.0294. The van der Waals surface area contributed by atoms with Crippen molar-refractivity contribution >= 4 is 19.8 Å². The Labute approximate surface area is 401 Å². The first kappa shape index (κ1) is 63.2. The molecule has 0 spiro atoms. The van der Waals surface area contributed by atoms with Gasteiger partial charge < -0.3 is 18.9 Å². The lowest BCUT2D eigenvalue weighted by Gasteiger charge is -2.24. The number of rotatable bonds is 50. The zero-order chi connectivity index (χ0) is 47.8. The molecular weight excluding hydrogens is 834 g/mol. The highest BCUT2D eigenvalue weighted by Gasteiger charge is 2.27. The van der Waals surface area contributed by atoms with Crippen LogP contribution in [0, 0.1) is 0 Å². The fourth-order valence-corrected chi connectivity index (χ4v) is 8.37. The average molecular weight is 939 g/mol. The molecule has 0 heterocycles. The number of ether oxygens (including phenoxy) is 2. The van der Waals surface area contributed by atoms with Gasteiger partial charge in [-0.1, -0.05) is 204 Å². The van der Waals surface area contributed by atoms with Crippen LogP contribution in [0.1, 0.15) is 251 Å². The molecule has 10 heteroatoms. The summed E-state index contributed by atoms with van der Waals surface area (Å²) < 4.78 is 34.5. The Morgan fingerprint density at radius 1 is 0.477 bits per heavy atom. The molecule has 0 saturated heterocycles. The van der Waals surface area contributed by atoms with Crippen molar-refractivity contribution in [3.8, 4) is 0 Å². The van der Waals surface area contributed by atoms with Gasteiger partial charge in [-0.2, -0.15) is 0 Å². The highest BCUT2D eigenvalue weighted by molar-refractivity contribution is 7.47. The molecule has 0 aromatic heterocycles. The molecule has 0 fully saturated rings. The number of hydrogen-bond donors (Lipinski definition) is 1. The molecule has 65 heavy (non-hydrogen) atoms. The van der Waals surface area contributed by atoms with E-state index in [1.165, 1.54) is 161 Å². The molecular formula is C55H105NO8P+. The lowest BCUT2D eigenvalue weighted by Crippen LogP contribution is -2.37. The summed E-state index contributed by atoms with van der Waals surface area (Å²) in [5.41, 5.74) is 0. The van der Waals surface area contributed by atoms with Crippen molar-refractivity contribution in [1.29, 1.82) is 0 Å². The monoisotopic (exact) mass is 939 g/mol. The number of carbonyl (C=O) groups excluding carboxylic acids is 2. The standard InChI is InChI=1S/C55H104NO8P/c1-6-8-10-12-14-16-18-20-22-24-25-26-27-28-29-30-31-32-34-35-37-39-41-43-45-47-54(57)61-51-53(52-63-65(59,60)62-50-49-56(3,4)5)64-55(58)48-46-44-42-40-38-36-33-23-21-19-17-15-13-11-9-7-2/h17,19,23-25,33,53H,6-16,18,20-22,26-32,34-52H2,1-5H3/p+1/b19-17-,25-24-,33-23-. The van der Waals surface area contributed by atoms with Gasteiger partial charge in [-0.3, -0.25) is 18.6 Å². The van der Waals surface area contributed by atoms with Gasteiger partial charge in [0.15, 0.2) is 6.10 Å². The SMILES string of the molecule is CCCCCC/C=C\C/C=C\CCCCCCCC(=O)OC(COC(=O)CCCCCCCCCCCCCCC/C=C\CCCCCCCCCC)COP(=O)(O)OCC[N+](C)(C)C. The highest BCUT2D eigenvalue weighted by Crippen LogP contribution is 2.43. The Kier molecular flexibility index (Phi) is 46.0. The van der Waals surface area contributed by atoms with Gasteiger partial charge in [0.05, 0.1) is 27.7 Å². The van der Waals surface area contributed by atoms with Gasteiger partial charge in [0.1, 0.15) is 19.8 Å². The van der Waals surface area contributed by atoms with Crippen LogP contribution in [0.5, 0.6) is 0 Å². The number of allylic oxidation sites excluding steroid dienone is 6. The molecule has 382 valence electrons. The number of esters is 2. The van der Waals surface area contributed by atoms with E-state index in [1.54, 1.807) is 0 Å². The molecule has 0 amide bonds. The van der Waals surface area contributed by atoms with E-state index in [-0.39, 0.29) is 32.0 Å². The topological polar surface area (TPSA) is 108 Å². The first-order valence-corrected chi connectivity index (χ1v) is 28.7. The fraction of sp³-hybridized carbons (Fsp3) is 0.855. The largest absolute Gasteiger partial charge is 0.472 e. The molecule has 0 bridgehead atoms. The van der Waals surface area contributed by atoms with Gasteiger partial charge in [0.25, 0.3) is 0 Å². The van der Waals surface area contributed by atoms with Gasteiger partial charge in [0.2, 0.25) is 0 Å². The Bertz CT molecular complexity index is 1200.